The van der Waals surface area contributed by atoms with E-state index in [-0.39, 0.29) is 5.92 Å². The molecule has 0 bridgehead atoms. The Hall–Kier alpha value is -1.64. The Morgan fingerprint density at radius 2 is 2.06 bits per heavy atom. The number of aryl methyl sites for hydroxylation is 1. The number of aldehydes is 1. The van der Waals surface area contributed by atoms with Gasteiger partial charge in [-0.3, -0.25) is 0 Å². The lowest BCUT2D eigenvalue weighted by Crippen LogP contribution is -2.18. The number of benzene rings is 1. The van der Waals surface area contributed by atoms with Crippen LogP contribution in [0.25, 0.3) is 11.0 Å². The topological polar surface area (TPSA) is 34.9 Å². The molecular weight excluding hydrogens is 224 g/mol. The largest absolute Gasteiger partial charge is 0.327 e. The number of fused-ring (bicyclic) bond motifs is 1. The summed E-state index contributed by atoms with van der Waals surface area (Å²) in [5.74, 6) is 0.276. The highest BCUT2D eigenvalue weighted by Gasteiger charge is 2.22. The first-order valence-electron chi connectivity index (χ1n) is 6.66. The highest BCUT2D eigenvalue weighted by atomic mass is 16.1. The van der Waals surface area contributed by atoms with E-state index < -0.39 is 0 Å². The van der Waals surface area contributed by atoms with Crippen LogP contribution in [0.1, 0.15) is 37.3 Å². The summed E-state index contributed by atoms with van der Waals surface area (Å²) in [6.07, 6.45) is 7.27. The molecule has 0 aliphatic heterocycles. The monoisotopic (exact) mass is 242 g/mol. The summed E-state index contributed by atoms with van der Waals surface area (Å²) >= 11 is 0. The van der Waals surface area contributed by atoms with E-state index in [1.54, 1.807) is 0 Å². The summed E-state index contributed by atoms with van der Waals surface area (Å²) in [4.78, 5) is 15.3. The maximum Gasteiger partial charge on any atom is 0.123 e. The summed E-state index contributed by atoms with van der Waals surface area (Å²) in [6.45, 7) is 2.09. The molecule has 1 heterocycles. The Kier molecular flexibility index (Phi) is 2.90. The van der Waals surface area contributed by atoms with Gasteiger partial charge in [0.1, 0.15) is 6.29 Å². The molecule has 0 unspecified atom stereocenters. The van der Waals surface area contributed by atoms with E-state index in [2.05, 4.69) is 34.7 Å². The van der Waals surface area contributed by atoms with Crippen LogP contribution in [-0.4, -0.2) is 15.8 Å². The van der Waals surface area contributed by atoms with Gasteiger partial charge in [0.2, 0.25) is 0 Å². The Morgan fingerprint density at radius 1 is 1.28 bits per heavy atom. The van der Waals surface area contributed by atoms with Gasteiger partial charge in [-0.15, -0.1) is 0 Å². The smallest absolute Gasteiger partial charge is 0.123 e. The molecule has 3 heteroatoms. The molecule has 1 saturated carbocycles. The Balaban J connectivity index is 1.89. The van der Waals surface area contributed by atoms with Gasteiger partial charge in [-0.1, -0.05) is 6.07 Å². The molecule has 1 aliphatic rings. The molecular formula is C15H18N2O. The number of nitrogens with zero attached hydrogens (tertiary/aromatic N) is 2. The van der Waals surface area contributed by atoms with Gasteiger partial charge in [0, 0.05) is 12.0 Å². The highest BCUT2D eigenvalue weighted by molar-refractivity contribution is 5.76. The number of aromatic nitrogens is 2. The molecule has 0 N–H and O–H groups in total. The average Bonchev–Trinajstić information content (AvgIpc) is 2.81. The van der Waals surface area contributed by atoms with E-state index in [4.69, 9.17) is 0 Å². The predicted molar refractivity (Wildman–Crippen MR) is 71.5 cm³/mol. The van der Waals surface area contributed by atoms with Crippen molar-refractivity contribution >= 4 is 17.3 Å². The van der Waals surface area contributed by atoms with Crippen LogP contribution >= 0.6 is 0 Å². The van der Waals surface area contributed by atoms with Crippen LogP contribution < -0.4 is 0 Å². The molecule has 0 saturated heterocycles. The van der Waals surface area contributed by atoms with Crippen molar-refractivity contribution in [3.63, 3.8) is 0 Å². The molecule has 3 rings (SSSR count). The lowest BCUT2D eigenvalue weighted by molar-refractivity contribution is -0.112. The molecule has 3 nitrogen and oxygen atoms in total. The lowest BCUT2D eigenvalue weighted by atomic mass is 9.87. The molecule has 94 valence electrons. The molecule has 0 atom stereocenters. The van der Waals surface area contributed by atoms with Crippen molar-refractivity contribution < 1.29 is 4.79 Å². The molecule has 1 fully saturated rings. The fraction of sp³-hybridized carbons (Fsp3) is 0.467. The van der Waals surface area contributed by atoms with E-state index >= 15 is 0 Å². The maximum absolute atomic E-state index is 10.8. The highest BCUT2D eigenvalue weighted by Crippen LogP contribution is 2.33. The maximum atomic E-state index is 10.8. The first kappa shape index (κ1) is 11.5. The zero-order chi connectivity index (χ0) is 12.5. The Bertz CT molecular complexity index is 565. The van der Waals surface area contributed by atoms with Crippen molar-refractivity contribution in [3.05, 3.63) is 30.1 Å². The van der Waals surface area contributed by atoms with Crippen molar-refractivity contribution in [1.29, 1.82) is 0 Å². The number of carbonyl (C=O) groups excluding carboxylic acids is 1. The first-order chi connectivity index (χ1) is 8.78. The summed E-state index contributed by atoms with van der Waals surface area (Å²) in [5.41, 5.74) is 3.54. The molecule has 2 aromatic rings. The summed E-state index contributed by atoms with van der Waals surface area (Å²) in [6, 6.07) is 6.93. The molecule has 1 aromatic carbocycles. The van der Waals surface area contributed by atoms with Gasteiger partial charge < -0.3 is 9.36 Å². The van der Waals surface area contributed by atoms with Gasteiger partial charge in [0.15, 0.2) is 0 Å². The predicted octanol–water partition coefficient (Wildman–Crippen LogP) is 3.27. The summed E-state index contributed by atoms with van der Waals surface area (Å²) in [5, 5.41) is 0. The second kappa shape index (κ2) is 4.56. The first-order valence-corrected chi connectivity index (χ1v) is 6.66. The van der Waals surface area contributed by atoms with Gasteiger partial charge >= 0.3 is 0 Å². The third-order valence-corrected chi connectivity index (χ3v) is 4.06. The quantitative estimate of drug-likeness (QED) is 0.757. The molecule has 1 aromatic heterocycles. The van der Waals surface area contributed by atoms with E-state index in [1.807, 2.05) is 6.33 Å². The van der Waals surface area contributed by atoms with Gasteiger partial charge in [-0.25, -0.2) is 4.98 Å². The van der Waals surface area contributed by atoms with Crippen molar-refractivity contribution in [2.45, 2.75) is 38.6 Å². The molecule has 18 heavy (non-hydrogen) atoms. The van der Waals surface area contributed by atoms with E-state index in [9.17, 15) is 4.79 Å². The minimum Gasteiger partial charge on any atom is -0.327 e. The Morgan fingerprint density at radius 3 is 2.78 bits per heavy atom. The summed E-state index contributed by atoms with van der Waals surface area (Å²) in [7, 11) is 0. The van der Waals surface area contributed by atoms with Gasteiger partial charge in [0.05, 0.1) is 17.4 Å². The van der Waals surface area contributed by atoms with Crippen molar-refractivity contribution in [1.82, 2.24) is 9.55 Å². The zero-order valence-corrected chi connectivity index (χ0v) is 10.7. The van der Waals surface area contributed by atoms with Crippen LogP contribution in [0.2, 0.25) is 0 Å². The van der Waals surface area contributed by atoms with E-state index in [0.29, 0.717) is 6.04 Å². The third-order valence-electron chi connectivity index (χ3n) is 4.06. The molecule has 1 aliphatic carbocycles. The number of imidazole rings is 1. The number of hydrogen-bond donors (Lipinski definition) is 0. The minimum absolute atomic E-state index is 0.276. The molecule has 0 spiro atoms. The number of rotatable bonds is 2. The van der Waals surface area contributed by atoms with Gasteiger partial charge in [-0.05, 0) is 50.3 Å². The van der Waals surface area contributed by atoms with Crippen LogP contribution in [-0.2, 0) is 4.79 Å². The third kappa shape index (κ3) is 1.94. The van der Waals surface area contributed by atoms with Crippen molar-refractivity contribution in [2.75, 3.05) is 0 Å². The van der Waals surface area contributed by atoms with Crippen molar-refractivity contribution in [3.8, 4) is 0 Å². The van der Waals surface area contributed by atoms with Crippen molar-refractivity contribution in [2.24, 2.45) is 5.92 Å². The van der Waals surface area contributed by atoms with Crippen LogP contribution in [0.15, 0.2) is 24.5 Å². The van der Waals surface area contributed by atoms with Gasteiger partial charge in [-0.2, -0.15) is 0 Å². The minimum atomic E-state index is 0.276. The standard InChI is InChI=1S/C15H18N2O/c1-11-2-7-15-14(8-11)16-10-17(15)13-5-3-12(9-18)4-6-13/h2,7-10,12-13H,3-6H2,1H3. The fourth-order valence-electron chi connectivity index (χ4n) is 2.95. The number of carbonyl (C=O) groups is 1. The zero-order valence-electron chi connectivity index (χ0n) is 10.7. The summed E-state index contributed by atoms with van der Waals surface area (Å²) < 4.78 is 2.29. The van der Waals surface area contributed by atoms with Crippen LogP contribution in [0.4, 0.5) is 0 Å². The number of hydrogen-bond acceptors (Lipinski definition) is 2. The van der Waals surface area contributed by atoms with E-state index in [1.165, 1.54) is 11.1 Å². The average molecular weight is 242 g/mol. The second-order valence-corrected chi connectivity index (χ2v) is 5.35. The second-order valence-electron chi connectivity index (χ2n) is 5.35. The van der Waals surface area contributed by atoms with Crippen LogP contribution in [0.5, 0.6) is 0 Å². The van der Waals surface area contributed by atoms with Crippen LogP contribution in [0.3, 0.4) is 0 Å². The Labute approximate surface area is 107 Å². The SMILES string of the molecule is Cc1ccc2c(c1)ncn2C1CCC(C=O)CC1. The van der Waals surface area contributed by atoms with Gasteiger partial charge in [0.25, 0.3) is 0 Å². The fourth-order valence-corrected chi connectivity index (χ4v) is 2.95. The lowest BCUT2D eigenvalue weighted by Gasteiger charge is -2.26. The molecule has 0 radical (unpaired) electrons. The molecule has 0 amide bonds. The van der Waals surface area contributed by atoms with E-state index in [0.717, 1.165) is 37.5 Å². The van der Waals surface area contributed by atoms with Crippen LogP contribution in [0, 0.1) is 12.8 Å². The normalized spacial score (nSPS) is 24.3.